The fourth-order valence-corrected chi connectivity index (χ4v) is 4.13. The Morgan fingerprint density at radius 2 is 2.09 bits per heavy atom. The standard InChI is InChI=1S/C22H21ClN6O4/c1-3-29-20-13(8-24-22(27-20)26-17-9-32-10-18(17)30)6-15(21(29)31)14-5-4-12(7-16(14)23)19-25-11(2)33-28-19/h4-8,17-18,30H,3,9-10H2,1-2H3,(H,24,26,27)/t17?,18-/m1/s1. The number of rotatable bonds is 5. The number of halogens is 1. The molecule has 2 atom stereocenters. The molecule has 1 saturated heterocycles. The first-order chi connectivity index (χ1) is 15.9. The molecule has 1 fully saturated rings. The van der Waals surface area contributed by atoms with Crippen molar-refractivity contribution in [3.63, 3.8) is 0 Å². The maximum atomic E-state index is 13.4. The Bertz CT molecular complexity index is 1400. The number of fused-ring (bicyclic) bond motifs is 1. The third-order valence-corrected chi connectivity index (χ3v) is 5.87. The van der Waals surface area contributed by atoms with E-state index in [1.165, 1.54) is 0 Å². The smallest absolute Gasteiger partial charge is 0.260 e. The summed E-state index contributed by atoms with van der Waals surface area (Å²) in [4.78, 5) is 26.5. The predicted molar refractivity (Wildman–Crippen MR) is 122 cm³/mol. The van der Waals surface area contributed by atoms with E-state index in [9.17, 15) is 9.90 Å². The van der Waals surface area contributed by atoms with Crippen LogP contribution in [0.4, 0.5) is 5.95 Å². The summed E-state index contributed by atoms with van der Waals surface area (Å²) in [6.07, 6.45) is 1.01. The lowest BCUT2D eigenvalue weighted by atomic mass is 10.0. The van der Waals surface area contributed by atoms with E-state index in [2.05, 4.69) is 25.4 Å². The van der Waals surface area contributed by atoms with Crippen LogP contribution in [0.5, 0.6) is 0 Å². The molecule has 1 unspecified atom stereocenters. The van der Waals surface area contributed by atoms with Gasteiger partial charge in [0.15, 0.2) is 0 Å². The first kappa shape index (κ1) is 21.5. The van der Waals surface area contributed by atoms with E-state index in [4.69, 9.17) is 20.9 Å². The van der Waals surface area contributed by atoms with Crippen molar-refractivity contribution in [2.45, 2.75) is 32.5 Å². The number of benzene rings is 1. The topological polar surface area (TPSA) is 128 Å². The Hall–Kier alpha value is -3.34. The third kappa shape index (κ3) is 3.97. The Kier molecular flexibility index (Phi) is 5.57. The first-order valence-corrected chi connectivity index (χ1v) is 10.9. The summed E-state index contributed by atoms with van der Waals surface area (Å²) in [7, 11) is 0. The van der Waals surface area contributed by atoms with Crippen molar-refractivity contribution >= 4 is 28.6 Å². The summed E-state index contributed by atoms with van der Waals surface area (Å²) in [6.45, 7) is 4.62. The number of aryl methyl sites for hydroxylation is 2. The maximum absolute atomic E-state index is 13.4. The van der Waals surface area contributed by atoms with Crippen LogP contribution in [0.2, 0.25) is 5.02 Å². The molecule has 5 rings (SSSR count). The lowest BCUT2D eigenvalue weighted by molar-refractivity contribution is 0.125. The average Bonchev–Trinajstić information content (AvgIpc) is 3.42. The van der Waals surface area contributed by atoms with Crippen LogP contribution >= 0.6 is 11.6 Å². The Balaban J connectivity index is 1.56. The van der Waals surface area contributed by atoms with Gasteiger partial charge in [0.2, 0.25) is 17.7 Å². The predicted octanol–water partition coefficient (Wildman–Crippen LogP) is 2.66. The van der Waals surface area contributed by atoms with E-state index >= 15 is 0 Å². The van der Waals surface area contributed by atoms with Crippen LogP contribution in [0.3, 0.4) is 0 Å². The molecule has 0 radical (unpaired) electrons. The quantitative estimate of drug-likeness (QED) is 0.454. The largest absolute Gasteiger partial charge is 0.388 e. The van der Waals surface area contributed by atoms with Gasteiger partial charge in [-0.05, 0) is 19.1 Å². The van der Waals surface area contributed by atoms with Gasteiger partial charge >= 0.3 is 0 Å². The van der Waals surface area contributed by atoms with E-state index in [-0.39, 0.29) is 18.2 Å². The second-order valence-corrected chi connectivity index (χ2v) is 8.17. The monoisotopic (exact) mass is 468 g/mol. The van der Waals surface area contributed by atoms with Gasteiger partial charge in [-0.2, -0.15) is 9.97 Å². The van der Waals surface area contributed by atoms with Crippen LogP contribution < -0.4 is 10.9 Å². The van der Waals surface area contributed by atoms with Crippen molar-refractivity contribution in [2.24, 2.45) is 0 Å². The zero-order valence-corrected chi connectivity index (χ0v) is 18.7. The summed E-state index contributed by atoms with van der Waals surface area (Å²) in [5.74, 6) is 1.20. The van der Waals surface area contributed by atoms with Crippen LogP contribution in [0.15, 0.2) is 39.8 Å². The number of anilines is 1. The molecule has 0 aliphatic carbocycles. The highest BCUT2D eigenvalue weighted by molar-refractivity contribution is 6.33. The van der Waals surface area contributed by atoms with Crippen LogP contribution in [-0.2, 0) is 11.3 Å². The number of aromatic nitrogens is 5. The summed E-state index contributed by atoms with van der Waals surface area (Å²) in [6, 6.07) is 6.71. The zero-order chi connectivity index (χ0) is 23.1. The molecule has 0 bridgehead atoms. The van der Waals surface area contributed by atoms with Gasteiger partial charge in [-0.25, -0.2) is 4.98 Å². The molecule has 1 aliphatic heterocycles. The molecule has 170 valence electrons. The van der Waals surface area contributed by atoms with Crippen molar-refractivity contribution in [3.05, 3.63) is 51.7 Å². The number of pyridine rings is 1. The second-order valence-electron chi connectivity index (χ2n) is 7.77. The van der Waals surface area contributed by atoms with Crippen LogP contribution in [0.25, 0.3) is 33.5 Å². The molecule has 0 spiro atoms. The number of hydrogen-bond donors (Lipinski definition) is 2. The number of nitrogens with zero attached hydrogens (tertiary/aromatic N) is 5. The molecular formula is C22H21ClN6O4. The van der Waals surface area contributed by atoms with Crippen molar-refractivity contribution in [1.29, 1.82) is 0 Å². The van der Waals surface area contributed by atoms with Gasteiger partial charge in [-0.3, -0.25) is 9.36 Å². The summed E-state index contributed by atoms with van der Waals surface area (Å²) < 4.78 is 11.9. The SMILES string of the molecule is CCn1c(=O)c(-c2ccc(-c3noc(C)n3)cc2Cl)cc2cnc(NC3COC[C@H]3O)nc21. The van der Waals surface area contributed by atoms with Crippen molar-refractivity contribution in [3.8, 4) is 22.5 Å². The second kappa shape index (κ2) is 8.54. The first-order valence-electron chi connectivity index (χ1n) is 10.5. The minimum atomic E-state index is -0.637. The number of hydrogen-bond acceptors (Lipinski definition) is 9. The summed E-state index contributed by atoms with van der Waals surface area (Å²) in [5, 5.41) is 18.0. The molecule has 0 amide bonds. The van der Waals surface area contributed by atoms with Gasteiger partial charge in [0.05, 0.1) is 25.4 Å². The summed E-state index contributed by atoms with van der Waals surface area (Å²) in [5.41, 5.74) is 1.99. The van der Waals surface area contributed by atoms with Crippen molar-refractivity contribution in [2.75, 3.05) is 18.5 Å². The van der Waals surface area contributed by atoms with E-state index in [1.54, 1.807) is 42.0 Å². The Morgan fingerprint density at radius 3 is 2.76 bits per heavy atom. The van der Waals surface area contributed by atoms with Crippen LogP contribution in [0.1, 0.15) is 12.8 Å². The lowest BCUT2D eigenvalue weighted by Crippen LogP contribution is -2.32. The normalized spacial score (nSPS) is 18.2. The van der Waals surface area contributed by atoms with Crippen LogP contribution in [0, 0.1) is 6.92 Å². The Morgan fingerprint density at radius 1 is 1.24 bits per heavy atom. The molecule has 11 heteroatoms. The number of ether oxygens (including phenoxy) is 1. The highest BCUT2D eigenvalue weighted by atomic mass is 35.5. The van der Waals surface area contributed by atoms with Gasteiger partial charge in [0, 0.05) is 46.8 Å². The molecule has 4 aromatic rings. The minimum Gasteiger partial charge on any atom is -0.388 e. The molecule has 0 saturated carbocycles. The van der Waals surface area contributed by atoms with Gasteiger partial charge < -0.3 is 19.7 Å². The lowest BCUT2D eigenvalue weighted by Gasteiger charge is -2.16. The summed E-state index contributed by atoms with van der Waals surface area (Å²) >= 11 is 6.56. The molecule has 4 heterocycles. The van der Waals surface area contributed by atoms with Crippen molar-refractivity contribution in [1.82, 2.24) is 24.7 Å². The van der Waals surface area contributed by atoms with E-state index in [1.807, 2.05) is 6.92 Å². The fraction of sp³-hybridized carbons (Fsp3) is 0.318. The molecule has 1 aliphatic rings. The highest BCUT2D eigenvalue weighted by Gasteiger charge is 2.27. The van der Waals surface area contributed by atoms with Gasteiger partial charge in [-0.1, -0.05) is 28.9 Å². The molecule has 10 nitrogen and oxygen atoms in total. The number of nitrogens with one attached hydrogen (secondary N) is 1. The molecule has 3 aromatic heterocycles. The number of aliphatic hydroxyl groups excluding tert-OH is 1. The highest BCUT2D eigenvalue weighted by Crippen LogP contribution is 2.31. The van der Waals surface area contributed by atoms with E-state index in [0.29, 0.717) is 63.6 Å². The molecule has 33 heavy (non-hydrogen) atoms. The average molecular weight is 469 g/mol. The molecule has 1 aromatic carbocycles. The van der Waals surface area contributed by atoms with E-state index in [0.717, 1.165) is 0 Å². The maximum Gasteiger partial charge on any atom is 0.260 e. The van der Waals surface area contributed by atoms with Crippen LogP contribution in [-0.4, -0.2) is 55.1 Å². The zero-order valence-electron chi connectivity index (χ0n) is 17.9. The number of aliphatic hydroxyl groups is 1. The third-order valence-electron chi connectivity index (χ3n) is 5.55. The van der Waals surface area contributed by atoms with Crippen molar-refractivity contribution < 1.29 is 14.4 Å². The van der Waals surface area contributed by atoms with Gasteiger partial charge in [0.25, 0.3) is 5.56 Å². The Labute approximate surface area is 193 Å². The molecule has 2 N–H and O–H groups in total. The fourth-order valence-electron chi connectivity index (χ4n) is 3.85. The van der Waals surface area contributed by atoms with E-state index < -0.39 is 6.10 Å². The minimum absolute atomic E-state index is 0.219. The molecular weight excluding hydrogens is 448 g/mol. The van der Waals surface area contributed by atoms with Gasteiger partial charge in [-0.15, -0.1) is 0 Å². The van der Waals surface area contributed by atoms with Gasteiger partial charge in [0.1, 0.15) is 5.65 Å².